The molecule has 1 rings (SSSR count). The van der Waals surface area contributed by atoms with E-state index in [1.54, 1.807) is 0 Å². The summed E-state index contributed by atoms with van der Waals surface area (Å²) in [5.74, 6) is 0.780. The van der Waals surface area contributed by atoms with E-state index in [1.165, 1.54) is 17.5 Å². The topological polar surface area (TPSA) is 29.3 Å². The first-order valence-corrected chi connectivity index (χ1v) is 6.08. The van der Waals surface area contributed by atoms with Gasteiger partial charge in [-0.2, -0.15) is 0 Å². The molecule has 1 aromatic rings. The molecule has 90 valence electrons. The van der Waals surface area contributed by atoms with Crippen molar-refractivity contribution in [3.05, 3.63) is 35.4 Å². The summed E-state index contributed by atoms with van der Waals surface area (Å²) in [5.41, 5.74) is 8.14. The maximum Gasteiger partial charge on any atom is 0.0230 e. The van der Waals surface area contributed by atoms with Crippen molar-refractivity contribution in [1.82, 2.24) is 4.90 Å². The smallest absolute Gasteiger partial charge is 0.0230 e. The van der Waals surface area contributed by atoms with Crippen molar-refractivity contribution in [2.24, 2.45) is 11.7 Å². The van der Waals surface area contributed by atoms with Crippen LogP contribution in [0.15, 0.2) is 24.3 Å². The molecule has 0 radical (unpaired) electrons. The summed E-state index contributed by atoms with van der Waals surface area (Å²) in [4.78, 5) is 2.37. The molecule has 0 aliphatic rings. The van der Waals surface area contributed by atoms with E-state index in [2.05, 4.69) is 50.1 Å². The Bertz CT molecular complexity index is 290. The fourth-order valence-electron chi connectivity index (χ4n) is 1.65. The molecule has 0 spiro atoms. The number of benzene rings is 1. The fourth-order valence-corrected chi connectivity index (χ4v) is 1.65. The predicted octanol–water partition coefficient (Wildman–Crippen LogP) is 2.62. The van der Waals surface area contributed by atoms with E-state index in [4.69, 9.17) is 5.73 Å². The minimum Gasteiger partial charge on any atom is -0.326 e. The maximum absolute atomic E-state index is 5.57. The molecule has 2 nitrogen and oxygen atoms in total. The Morgan fingerprint density at radius 2 is 1.69 bits per heavy atom. The highest BCUT2D eigenvalue weighted by Gasteiger charge is 2.01. The quantitative estimate of drug-likeness (QED) is 0.798. The molecule has 0 aliphatic heterocycles. The van der Waals surface area contributed by atoms with E-state index in [0.717, 1.165) is 19.0 Å². The van der Waals surface area contributed by atoms with Crippen molar-refractivity contribution in [2.45, 2.75) is 33.4 Å². The van der Waals surface area contributed by atoms with Crippen molar-refractivity contribution in [1.29, 1.82) is 0 Å². The van der Waals surface area contributed by atoms with Gasteiger partial charge in [0.1, 0.15) is 0 Å². The van der Waals surface area contributed by atoms with E-state index >= 15 is 0 Å². The van der Waals surface area contributed by atoms with Crippen LogP contribution >= 0.6 is 0 Å². The monoisotopic (exact) mass is 220 g/mol. The van der Waals surface area contributed by atoms with Crippen LogP contribution in [-0.2, 0) is 13.1 Å². The van der Waals surface area contributed by atoms with Gasteiger partial charge in [0.2, 0.25) is 0 Å². The zero-order valence-corrected chi connectivity index (χ0v) is 10.7. The van der Waals surface area contributed by atoms with E-state index in [0.29, 0.717) is 6.54 Å². The normalized spacial score (nSPS) is 11.4. The summed E-state index contributed by atoms with van der Waals surface area (Å²) >= 11 is 0. The van der Waals surface area contributed by atoms with Crippen LogP contribution in [0.25, 0.3) is 0 Å². The molecule has 0 unspecified atom stereocenters. The molecule has 16 heavy (non-hydrogen) atoms. The van der Waals surface area contributed by atoms with Crippen molar-refractivity contribution in [3.8, 4) is 0 Å². The van der Waals surface area contributed by atoms with Crippen LogP contribution in [0.3, 0.4) is 0 Å². The number of hydrogen-bond donors (Lipinski definition) is 1. The molecule has 0 atom stereocenters. The molecule has 0 saturated heterocycles. The lowest BCUT2D eigenvalue weighted by molar-refractivity contribution is 0.303. The highest BCUT2D eigenvalue weighted by molar-refractivity contribution is 5.22. The molecule has 1 aromatic carbocycles. The number of nitrogens with zero attached hydrogens (tertiary/aromatic N) is 1. The molecule has 0 bridgehead atoms. The van der Waals surface area contributed by atoms with Gasteiger partial charge in [-0.05, 0) is 37.1 Å². The van der Waals surface area contributed by atoms with Gasteiger partial charge in [0.25, 0.3) is 0 Å². The Hall–Kier alpha value is -0.860. The lowest BCUT2D eigenvalue weighted by atomic mass is 10.1. The standard InChI is InChI=1S/C14H24N2/c1-12(2)8-9-16(3)11-14-6-4-13(10-15)5-7-14/h4-7,12H,8-11,15H2,1-3H3. The van der Waals surface area contributed by atoms with Gasteiger partial charge in [-0.1, -0.05) is 38.1 Å². The van der Waals surface area contributed by atoms with E-state index in [9.17, 15) is 0 Å². The maximum atomic E-state index is 5.57. The van der Waals surface area contributed by atoms with Gasteiger partial charge in [-0.3, -0.25) is 0 Å². The van der Waals surface area contributed by atoms with Gasteiger partial charge in [0.05, 0.1) is 0 Å². The lowest BCUT2D eigenvalue weighted by Gasteiger charge is -2.18. The van der Waals surface area contributed by atoms with Crippen LogP contribution in [-0.4, -0.2) is 18.5 Å². The van der Waals surface area contributed by atoms with Crippen molar-refractivity contribution in [3.63, 3.8) is 0 Å². The molecule has 2 N–H and O–H groups in total. The summed E-state index contributed by atoms with van der Waals surface area (Å²) in [6, 6.07) is 8.58. The molecule has 0 amide bonds. The Morgan fingerprint density at radius 1 is 1.12 bits per heavy atom. The summed E-state index contributed by atoms with van der Waals surface area (Å²) in [6.45, 7) is 7.35. The SMILES string of the molecule is CC(C)CCN(C)Cc1ccc(CN)cc1. The zero-order valence-electron chi connectivity index (χ0n) is 10.7. The summed E-state index contributed by atoms with van der Waals surface area (Å²) in [6.07, 6.45) is 1.26. The van der Waals surface area contributed by atoms with Crippen LogP contribution in [0.5, 0.6) is 0 Å². The summed E-state index contributed by atoms with van der Waals surface area (Å²) in [7, 11) is 2.18. The second-order valence-electron chi connectivity index (χ2n) is 4.94. The average Bonchev–Trinajstić information content (AvgIpc) is 2.27. The molecular weight excluding hydrogens is 196 g/mol. The molecule has 0 saturated carbocycles. The fraction of sp³-hybridized carbons (Fsp3) is 0.571. The van der Waals surface area contributed by atoms with Crippen molar-refractivity contribution < 1.29 is 0 Å². The van der Waals surface area contributed by atoms with Gasteiger partial charge in [0, 0.05) is 13.1 Å². The molecule has 2 heteroatoms. The van der Waals surface area contributed by atoms with Crippen LogP contribution in [0.4, 0.5) is 0 Å². The summed E-state index contributed by atoms with van der Waals surface area (Å²) < 4.78 is 0. The zero-order chi connectivity index (χ0) is 12.0. The summed E-state index contributed by atoms with van der Waals surface area (Å²) in [5, 5.41) is 0. The first-order valence-electron chi connectivity index (χ1n) is 6.08. The lowest BCUT2D eigenvalue weighted by Crippen LogP contribution is -2.20. The van der Waals surface area contributed by atoms with Gasteiger partial charge in [-0.25, -0.2) is 0 Å². The van der Waals surface area contributed by atoms with Crippen LogP contribution < -0.4 is 5.73 Å². The molecule has 0 heterocycles. The Balaban J connectivity index is 2.40. The number of hydrogen-bond acceptors (Lipinski definition) is 2. The van der Waals surface area contributed by atoms with E-state index < -0.39 is 0 Å². The van der Waals surface area contributed by atoms with Gasteiger partial charge in [-0.15, -0.1) is 0 Å². The Labute approximate surface area is 99.5 Å². The molecule has 0 aliphatic carbocycles. The van der Waals surface area contributed by atoms with E-state index in [1.807, 2.05) is 0 Å². The highest BCUT2D eigenvalue weighted by atomic mass is 15.1. The first-order chi connectivity index (χ1) is 7.61. The van der Waals surface area contributed by atoms with Crippen LogP contribution in [0.1, 0.15) is 31.4 Å². The average molecular weight is 220 g/mol. The third-order valence-electron chi connectivity index (χ3n) is 2.80. The Kier molecular flexibility index (Phi) is 5.50. The van der Waals surface area contributed by atoms with Gasteiger partial charge >= 0.3 is 0 Å². The van der Waals surface area contributed by atoms with Crippen LogP contribution in [0.2, 0.25) is 0 Å². The largest absolute Gasteiger partial charge is 0.326 e. The second-order valence-corrected chi connectivity index (χ2v) is 4.94. The van der Waals surface area contributed by atoms with E-state index in [-0.39, 0.29) is 0 Å². The van der Waals surface area contributed by atoms with Gasteiger partial charge in [0.15, 0.2) is 0 Å². The highest BCUT2D eigenvalue weighted by Crippen LogP contribution is 2.08. The molecule has 0 fully saturated rings. The first kappa shape index (κ1) is 13.2. The second kappa shape index (κ2) is 6.66. The number of nitrogens with two attached hydrogens (primary N) is 1. The molecule has 0 aromatic heterocycles. The predicted molar refractivity (Wildman–Crippen MR) is 70.1 cm³/mol. The minimum atomic E-state index is 0.628. The van der Waals surface area contributed by atoms with Crippen molar-refractivity contribution in [2.75, 3.05) is 13.6 Å². The Morgan fingerprint density at radius 3 is 2.19 bits per heavy atom. The number of rotatable bonds is 6. The van der Waals surface area contributed by atoms with Gasteiger partial charge < -0.3 is 10.6 Å². The molecular formula is C14H24N2. The third kappa shape index (κ3) is 4.77. The van der Waals surface area contributed by atoms with Crippen molar-refractivity contribution >= 4 is 0 Å². The third-order valence-corrected chi connectivity index (χ3v) is 2.80. The van der Waals surface area contributed by atoms with Crippen LogP contribution in [0, 0.1) is 5.92 Å². The minimum absolute atomic E-state index is 0.628.